The Kier molecular flexibility index (Phi) is 90.3. The van der Waals surface area contributed by atoms with Crippen molar-refractivity contribution >= 4 is 48.9 Å². The molecule has 0 fully saturated rings. The Morgan fingerprint density at radius 3 is 1.00 bits per heavy atom. The number of rotatable bonds is 0. The topological polar surface area (TPSA) is 0 Å². The maximum Gasteiger partial charge on any atom is 0 e. The van der Waals surface area contributed by atoms with Crippen LogP contribution in [0.2, 0.25) is 0 Å². The van der Waals surface area contributed by atoms with Gasteiger partial charge in [0.2, 0.25) is 0 Å². The van der Waals surface area contributed by atoms with Gasteiger partial charge in [0.25, 0.3) is 0 Å². The molecule has 0 atom stereocenters. The van der Waals surface area contributed by atoms with Gasteiger partial charge in [0.15, 0.2) is 0 Å². The van der Waals surface area contributed by atoms with E-state index in [9.17, 15) is 0 Å². The normalized spacial score (nSPS) is 0. The Morgan fingerprint density at radius 1 is 1.00 bits per heavy atom. The van der Waals surface area contributed by atoms with Gasteiger partial charge in [-0.05, 0) is 0 Å². The second-order valence-corrected chi connectivity index (χ2v) is 0. The third-order valence-corrected chi connectivity index (χ3v) is 0. The van der Waals surface area contributed by atoms with Crippen molar-refractivity contribution in [2.75, 3.05) is 0 Å². The van der Waals surface area contributed by atoms with E-state index in [0.717, 1.165) is 0 Å². The predicted molar refractivity (Wildman–Crippen MR) is 8.54 cm³/mol. The van der Waals surface area contributed by atoms with E-state index in [4.69, 9.17) is 0 Å². The van der Waals surface area contributed by atoms with Crippen LogP contribution in [-0.2, 0) is 21.7 Å². The molecule has 0 unspecified atom stereocenters. The first-order valence-electron chi connectivity index (χ1n) is 0. The number of hydrogen-bond acceptors (Lipinski definition) is 0. The molecule has 4 heavy (non-hydrogen) atoms. The maximum atomic E-state index is 0. The van der Waals surface area contributed by atoms with Crippen LogP contribution in [-0.4, -0.2) is 48.9 Å². The van der Waals surface area contributed by atoms with E-state index < -0.39 is 0 Å². The first-order valence-corrected chi connectivity index (χ1v) is 0. The summed E-state index contributed by atoms with van der Waals surface area (Å²) in [5.74, 6) is 0. The first kappa shape index (κ1) is 23.0. The van der Waals surface area contributed by atoms with Crippen molar-refractivity contribution in [1.82, 2.24) is 0 Å². The zero-order chi connectivity index (χ0) is 0. The van der Waals surface area contributed by atoms with Gasteiger partial charge in [0, 0.05) is 104 Å². The molecule has 0 spiro atoms. The van der Waals surface area contributed by atoms with Crippen molar-refractivity contribution in [2.24, 2.45) is 0 Å². The van der Waals surface area contributed by atoms with Gasteiger partial charge < -0.3 is 0 Å². The van der Waals surface area contributed by atoms with E-state index in [1.54, 1.807) is 0 Å². The van der Waals surface area contributed by atoms with Crippen molar-refractivity contribution in [1.29, 1.82) is 0 Å². The van der Waals surface area contributed by atoms with Gasteiger partial charge in [0.05, 0.1) is 0 Å². The molecular formula is H2BaNdPrTi. The summed E-state index contributed by atoms with van der Waals surface area (Å²) in [6.45, 7) is 0. The second-order valence-electron chi connectivity index (χ2n) is 0. The molecule has 0 heterocycles. The van der Waals surface area contributed by atoms with Crippen LogP contribution in [0.3, 0.4) is 0 Å². The Bertz CT molecular complexity index is 8.00. The summed E-state index contributed by atoms with van der Waals surface area (Å²) in [4.78, 5) is 0. The summed E-state index contributed by atoms with van der Waals surface area (Å²) in [6.07, 6.45) is 0. The molecule has 0 aromatic rings. The first-order chi connectivity index (χ1) is 0. The summed E-state index contributed by atoms with van der Waals surface area (Å²) in [7, 11) is 0. The van der Waals surface area contributed by atoms with Crippen molar-refractivity contribution in [3.05, 3.63) is 0 Å². The molecule has 0 aromatic heterocycles. The van der Waals surface area contributed by atoms with E-state index in [2.05, 4.69) is 0 Å². The third kappa shape index (κ3) is 10.1. The van der Waals surface area contributed by atoms with E-state index in [0.29, 0.717) is 0 Å². The number of hydrogen-bond donors (Lipinski definition) is 0. The molecular weight excluding hydrogens is 470 g/mol. The van der Waals surface area contributed by atoms with Crippen LogP contribution in [0.5, 0.6) is 0 Å². The largest absolute Gasteiger partial charge is 0 e. The molecule has 0 rings (SSSR count). The SMILES string of the molecule is [BaH2].[Nd].[Pr].[Ti]. The van der Waals surface area contributed by atoms with Crippen molar-refractivity contribution in [3.63, 3.8) is 0 Å². The minimum atomic E-state index is 0. The van der Waals surface area contributed by atoms with E-state index in [1.165, 1.54) is 0 Å². The summed E-state index contributed by atoms with van der Waals surface area (Å²) in [5.41, 5.74) is 0. The maximum absolute atomic E-state index is 0. The van der Waals surface area contributed by atoms with Crippen LogP contribution in [0.4, 0.5) is 0 Å². The third-order valence-electron chi connectivity index (χ3n) is 0. The molecule has 0 aromatic carbocycles. The van der Waals surface area contributed by atoms with Gasteiger partial charge in [-0.25, -0.2) is 0 Å². The Hall–Kier alpha value is 5.00. The molecule has 0 aliphatic heterocycles. The molecule has 4 heteroatoms. The van der Waals surface area contributed by atoms with Gasteiger partial charge in [-0.1, -0.05) is 0 Å². The van der Waals surface area contributed by atoms with Crippen molar-refractivity contribution < 1.29 is 104 Å². The zero-order valence-corrected chi connectivity index (χ0v) is 10.1. The van der Waals surface area contributed by atoms with Crippen LogP contribution in [0.15, 0.2) is 0 Å². The molecule has 0 nitrogen and oxygen atoms in total. The molecule has 15 valence electrons. The van der Waals surface area contributed by atoms with Gasteiger partial charge >= 0.3 is 48.9 Å². The monoisotopic (exact) mass is 471 g/mol. The van der Waals surface area contributed by atoms with Crippen molar-refractivity contribution in [2.45, 2.75) is 0 Å². The van der Waals surface area contributed by atoms with Gasteiger partial charge in [-0.15, -0.1) is 0 Å². The smallest absolute Gasteiger partial charge is 0 e. The Morgan fingerprint density at radius 2 is 1.00 bits per heavy atom. The zero-order valence-electron chi connectivity index (χ0n) is 1.58. The summed E-state index contributed by atoms with van der Waals surface area (Å²) < 4.78 is 0. The molecule has 0 N–H and O–H groups in total. The molecule has 0 aliphatic carbocycles. The van der Waals surface area contributed by atoms with Crippen molar-refractivity contribution in [3.8, 4) is 0 Å². The molecule has 0 saturated carbocycles. The minimum Gasteiger partial charge on any atom is 0 e. The van der Waals surface area contributed by atoms with E-state index in [1.807, 2.05) is 0 Å². The molecule has 1 radical (unpaired) electrons. The minimum absolute atomic E-state index is 0. The Labute approximate surface area is 147 Å². The van der Waals surface area contributed by atoms with Gasteiger partial charge in [-0.3, -0.25) is 0 Å². The van der Waals surface area contributed by atoms with Crippen LogP contribution >= 0.6 is 0 Å². The van der Waals surface area contributed by atoms with E-state index in [-0.39, 0.29) is 153 Å². The average molecular weight is 472 g/mol. The molecule has 0 saturated heterocycles. The average Bonchev–Trinajstić information content (AvgIpc) is 0. The van der Waals surface area contributed by atoms with Gasteiger partial charge in [-0.2, -0.15) is 0 Å². The fourth-order valence-corrected chi connectivity index (χ4v) is 0. The summed E-state index contributed by atoms with van der Waals surface area (Å²) in [6, 6.07) is 0. The van der Waals surface area contributed by atoms with Crippen LogP contribution in [0, 0.1) is 82.1 Å². The predicted octanol–water partition coefficient (Wildman–Crippen LogP) is -0.919. The molecule has 0 aliphatic rings. The fourth-order valence-electron chi connectivity index (χ4n) is 0. The van der Waals surface area contributed by atoms with E-state index >= 15 is 0 Å². The molecule has 0 amide bonds. The quantitative estimate of drug-likeness (QED) is 0.401. The fraction of sp³-hybridized carbons (Fsp3) is 0. The summed E-state index contributed by atoms with van der Waals surface area (Å²) in [5, 5.41) is 0. The second kappa shape index (κ2) is 15.7. The Balaban J connectivity index is 0. The van der Waals surface area contributed by atoms with Crippen LogP contribution in [0.1, 0.15) is 0 Å². The van der Waals surface area contributed by atoms with Crippen LogP contribution in [0.25, 0.3) is 0 Å². The van der Waals surface area contributed by atoms with Crippen LogP contribution < -0.4 is 0 Å². The standard InChI is InChI=1S/Ba.Nd.Pr.Ti.2H. The molecule has 0 bridgehead atoms. The van der Waals surface area contributed by atoms with Gasteiger partial charge in [0.1, 0.15) is 0 Å². The summed E-state index contributed by atoms with van der Waals surface area (Å²) >= 11 is 0.